The van der Waals surface area contributed by atoms with Crippen LogP contribution in [0.3, 0.4) is 0 Å². The van der Waals surface area contributed by atoms with Crippen LogP contribution < -0.4 is 0 Å². The Balaban J connectivity index is 2.30. The summed E-state index contributed by atoms with van der Waals surface area (Å²) in [4.78, 5) is 13.4. The van der Waals surface area contributed by atoms with Crippen LogP contribution in [0.2, 0.25) is 0 Å². The van der Waals surface area contributed by atoms with E-state index < -0.39 is 12.1 Å². The second kappa shape index (κ2) is 5.01. The van der Waals surface area contributed by atoms with Crippen LogP contribution in [0.5, 0.6) is 0 Å². The second-order valence-electron chi connectivity index (χ2n) is 3.92. The van der Waals surface area contributed by atoms with Gasteiger partial charge in [-0.15, -0.1) is 0 Å². The first-order valence-electron chi connectivity index (χ1n) is 5.03. The smallest absolute Gasteiger partial charge is 0.396 e. The van der Waals surface area contributed by atoms with E-state index in [0.717, 1.165) is 4.90 Å². The molecule has 7 heteroatoms. The number of hydrogen-bond acceptors (Lipinski definition) is 3. The van der Waals surface area contributed by atoms with Crippen molar-refractivity contribution in [1.82, 2.24) is 9.80 Å². The van der Waals surface area contributed by atoms with E-state index >= 15 is 0 Å². The molecule has 0 spiro atoms. The molecule has 1 N–H and O–H groups in total. The lowest BCUT2D eigenvalue weighted by Crippen LogP contribution is -2.62. The monoisotopic (exact) mass is 240 g/mol. The zero-order valence-electron chi connectivity index (χ0n) is 9.00. The van der Waals surface area contributed by atoms with Gasteiger partial charge in [0, 0.05) is 32.3 Å². The minimum absolute atomic E-state index is 0.0298. The van der Waals surface area contributed by atoms with Crippen molar-refractivity contribution in [2.45, 2.75) is 18.6 Å². The van der Waals surface area contributed by atoms with E-state index in [-0.39, 0.29) is 25.7 Å². The first-order valence-corrected chi connectivity index (χ1v) is 5.03. The van der Waals surface area contributed by atoms with E-state index in [4.69, 9.17) is 5.11 Å². The highest BCUT2D eigenvalue weighted by molar-refractivity contribution is 5.82. The number of aliphatic hydroxyl groups is 1. The number of aliphatic hydroxyl groups excluding tert-OH is 1. The summed E-state index contributed by atoms with van der Waals surface area (Å²) in [7, 11) is 1.77. The zero-order valence-corrected chi connectivity index (χ0v) is 9.00. The van der Waals surface area contributed by atoms with E-state index in [2.05, 4.69) is 0 Å². The fourth-order valence-corrected chi connectivity index (χ4v) is 1.58. The molecular weight excluding hydrogens is 225 g/mol. The Kier molecular flexibility index (Phi) is 4.15. The summed E-state index contributed by atoms with van der Waals surface area (Å²) in [5.74, 6) is -1.76. The summed E-state index contributed by atoms with van der Waals surface area (Å²) >= 11 is 0. The topological polar surface area (TPSA) is 43.8 Å². The molecule has 0 radical (unpaired) electrons. The molecule has 1 fully saturated rings. The largest absolute Gasteiger partial charge is 0.471 e. The number of amides is 1. The average Bonchev–Trinajstić information content (AvgIpc) is 2.10. The summed E-state index contributed by atoms with van der Waals surface area (Å²) < 4.78 is 36.0. The first-order chi connectivity index (χ1) is 7.36. The minimum atomic E-state index is -4.77. The van der Waals surface area contributed by atoms with Crippen molar-refractivity contribution >= 4 is 5.91 Å². The summed E-state index contributed by atoms with van der Waals surface area (Å²) in [6.45, 7) is 0.901. The standard InChI is InChI=1S/C9H15F3N2O2/c1-13(3-2-4-15)7-5-14(6-7)8(16)9(10,11)12/h7,15H,2-6H2,1H3. The van der Waals surface area contributed by atoms with E-state index in [1.807, 2.05) is 4.90 Å². The van der Waals surface area contributed by atoms with Crippen LogP contribution in [0.25, 0.3) is 0 Å². The Hall–Kier alpha value is -0.820. The maximum Gasteiger partial charge on any atom is 0.471 e. The fourth-order valence-electron chi connectivity index (χ4n) is 1.58. The number of likely N-dealkylation sites (tertiary alicyclic amines) is 1. The molecule has 1 heterocycles. The molecule has 0 aromatic heterocycles. The molecule has 4 nitrogen and oxygen atoms in total. The van der Waals surface area contributed by atoms with Crippen LogP contribution in [0.1, 0.15) is 6.42 Å². The number of halogens is 3. The summed E-state index contributed by atoms with van der Waals surface area (Å²) in [5, 5.41) is 8.59. The fraction of sp³-hybridized carbons (Fsp3) is 0.889. The molecule has 94 valence electrons. The van der Waals surface area contributed by atoms with Crippen LogP contribution in [-0.4, -0.2) is 66.3 Å². The predicted molar refractivity (Wildman–Crippen MR) is 50.8 cm³/mol. The summed E-state index contributed by atoms with van der Waals surface area (Å²) in [5.41, 5.74) is 0. The highest BCUT2D eigenvalue weighted by atomic mass is 19.4. The molecule has 1 aliphatic heterocycles. The number of rotatable bonds is 4. The van der Waals surface area contributed by atoms with Gasteiger partial charge in [-0.05, 0) is 13.5 Å². The van der Waals surface area contributed by atoms with Crippen molar-refractivity contribution in [2.75, 3.05) is 33.3 Å². The van der Waals surface area contributed by atoms with Crippen LogP contribution in [0.4, 0.5) is 13.2 Å². The number of hydrogen-bond donors (Lipinski definition) is 1. The van der Waals surface area contributed by atoms with Gasteiger partial charge in [-0.25, -0.2) is 0 Å². The number of likely N-dealkylation sites (N-methyl/N-ethyl adjacent to an activating group) is 1. The van der Waals surface area contributed by atoms with Gasteiger partial charge < -0.3 is 10.0 Å². The Morgan fingerprint density at radius 2 is 2.06 bits per heavy atom. The van der Waals surface area contributed by atoms with E-state index in [1.165, 1.54) is 0 Å². The highest BCUT2D eigenvalue weighted by Crippen LogP contribution is 2.23. The molecule has 16 heavy (non-hydrogen) atoms. The number of alkyl halides is 3. The van der Waals surface area contributed by atoms with Crippen molar-refractivity contribution in [3.63, 3.8) is 0 Å². The number of carbonyl (C=O) groups excluding carboxylic acids is 1. The molecule has 0 bridgehead atoms. The highest BCUT2D eigenvalue weighted by Gasteiger charge is 2.47. The minimum Gasteiger partial charge on any atom is -0.396 e. The molecule has 0 saturated carbocycles. The third-order valence-electron chi connectivity index (χ3n) is 2.68. The van der Waals surface area contributed by atoms with Gasteiger partial charge in [0.15, 0.2) is 0 Å². The van der Waals surface area contributed by atoms with Gasteiger partial charge in [0.2, 0.25) is 0 Å². The third kappa shape index (κ3) is 3.08. The lowest BCUT2D eigenvalue weighted by molar-refractivity contribution is -0.192. The predicted octanol–water partition coefficient (Wildman–Crippen LogP) is 0.0737. The molecule has 0 atom stereocenters. The van der Waals surface area contributed by atoms with E-state index in [9.17, 15) is 18.0 Å². The maximum absolute atomic E-state index is 12.0. The van der Waals surface area contributed by atoms with E-state index in [0.29, 0.717) is 13.0 Å². The molecule has 0 aromatic rings. The van der Waals surface area contributed by atoms with Gasteiger partial charge in [0.05, 0.1) is 0 Å². The third-order valence-corrected chi connectivity index (χ3v) is 2.68. The Morgan fingerprint density at radius 1 is 1.50 bits per heavy atom. The molecule has 0 unspecified atom stereocenters. The van der Waals surface area contributed by atoms with Crippen molar-refractivity contribution in [3.8, 4) is 0 Å². The van der Waals surface area contributed by atoms with Gasteiger partial charge in [0.1, 0.15) is 0 Å². The van der Waals surface area contributed by atoms with Gasteiger partial charge in [0.25, 0.3) is 0 Å². The first kappa shape index (κ1) is 13.2. The van der Waals surface area contributed by atoms with Gasteiger partial charge in [-0.1, -0.05) is 0 Å². The van der Waals surface area contributed by atoms with Crippen LogP contribution in [0, 0.1) is 0 Å². The van der Waals surface area contributed by atoms with Crippen molar-refractivity contribution in [3.05, 3.63) is 0 Å². The van der Waals surface area contributed by atoms with Gasteiger partial charge in [-0.3, -0.25) is 9.69 Å². The lowest BCUT2D eigenvalue weighted by atomic mass is 10.1. The zero-order chi connectivity index (χ0) is 12.3. The SMILES string of the molecule is CN(CCCO)C1CN(C(=O)C(F)(F)F)C1. The van der Waals surface area contributed by atoms with E-state index in [1.54, 1.807) is 7.05 Å². The molecule has 0 aromatic carbocycles. The Morgan fingerprint density at radius 3 is 2.50 bits per heavy atom. The molecule has 0 aliphatic carbocycles. The molecular formula is C9H15F3N2O2. The molecule has 1 rings (SSSR count). The average molecular weight is 240 g/mol. The summed E-state index contributed by atoms with van der Waals surface area (Å²) in [6, 6.07) is -0.0298. The number of carbonyl (C=O) groups is 1. The Bertz CT molecular complexity index is 252. The maximum atomic E-state index is 12.0. The molecule has 1 saturated heterocycles. The van der Waals surface area contributed by atoms with Crippen molar-refractivity contribution < 1.29 is 23.1 Å². The second-order valence-corrected chi connectivity index (χ2v) is 3.92. The van der Waals surface area contributed by atoms with Crippen LogP contribution in [0.15, 0.2) is 0 Å². The van der Waals surface area contributed by atoms with Crippen molar-refractivity contribution in [1.29, 1.82) is 0 Å². The number of nitrogens with zero attached hydrogens (tertiary/aromatic N) is 2. The summed E-state index contributed by atoms with van der Waals surface area (Å²) in [6.07, 6.45) is -4.19. The van der Waals surface area contributed by atoms with Crippen LogP contribution in [-0.2, 0) is 4.79 Å². The Labute approximate surface area is 91.6 Å². The van der Waals surface area contributed by atoms with Gasteiger partial charge in [-0.2, -0.15) is 13.2 Å². The van der Waals surface area contributed by atoms with Gasteiger partial charge >= 0.3 is 12.1 Å². The molecule has 1 aliphatic rings. The molecule has 1 amide bonds. The van der Waals surface area contributed by atoms with Crippen LogP contribution >= 0.6 is 0 Å². The quantitative estimate of drug-likeness (QED) is 0.756. The van der Waals surface area contributed by atoms with Crippen molar-refractivity contribution in [2.24, 2.45) is 0 Å². The normalized spacial score (nSPS) is 17.8. The lowest BCUT2D eigenvalue weighted by Gasteiger charge is -2.44.